The molecule has 128 valence electrons. The zero-order chi connectivity index (χ0) is 18.1. The van der Waals surface area contributed by atoms with Crippen molar-refractivity contribution in [3.8, 4) is 11.3 Å². The summed E-state index contributed by atoms with van der Waals surface area (Å²) in [5.74, 6) is 0.527. The lowest BCUT2D eigenvalue weighted by atomic mass is 10.1. The Kier molecular flexibility index (Phi) is 4.22. The number of aryl methyl sites for hydroxylation is 1. The highest BCUT2D eigenvalue weighted by molar-refractivity contribution is 9.10. The van der Waals surface area contributed by atoms with Crippen molar-refractivity contribution < 1.29 is 0 Å². The molecule has 0 fully saturated rings. The molecule has 4 rings (SSSR count). The summed E-state index contributed by atoms with van der Waals surface area (Å²) in [7, 11) is 0. The van der Waals surface area contributed by atoms with Crippen LogP contribution in [0.25, 0.3) is 22.2 Å². The van der Waals surface area contributed by atoms with Crippen molar-refractivity contribution in [2.45, 2.75) is 6.92 Å². The lowest BCUT2D eigenvalue weighted by Gasteiger charge is -2.05. The van der Waals surface area contributed by atoms with Gasteiger partial charge in [0, 0.05) is 15.6 Å². The first-order chi connectivity index (χ1) is 12.6. The summed E-state index contributed by atoms with van der Waals surface area (Å²) < 4.78 is 2.31. The van der Waals surface area contributed by atoms with E-state index in [0.717, 1.165) is 21.3 Å². The lowest BCUT2D eigenvalue weighted by molar-refractivity contribution is 0.771. The third-order valence-electron chi connectivity index (χ3n) is 4.03. The van der Waals surface area contributed by atoms with Crippen LogP contribution in [0.4, 0.5) is 0 Å². The van der Waals surface area contributed by atoms with Gasteiger partial charge in [-0.25, -0.2) is 4.98 Å². The molecule has 0 saturated heterocycles. The molecule has 2 aromatic carbocycles. The molecule has 0 aliphatic heterocycles. The van der Waals surface area contributed by atoms with Crippen LogP contribution >= 0.6 is 15.9 Å². The Morgan fingerprint density at radius 1 is 1.15 bits per heavy atom. The predicted octanol–water partition coefficient (Wildman–Crippen LogP) is 3.74. The van der Waals surface area contributed by atoms with Crippen LogP contribution in [0.1, 0.15) is 11.4 Å². The molecule has 0 atom stereocenters. The average Bonchev–Trinajstić information content (AvgIpc) is 3.11. The van der Waals surface area contributed by atoms with E-state index < -0.39 is 0 Å². The molecular weight excluding hydrogens is 394 g/mol. The van der Waals surface area contributed by atoms with Gasteiger partial charge in [0.25, 0.3) is 5.56 Å². The van der Waals surface area contributed by atoms with Crippen molar-refractivity contribution in [2.75, 3.05) is 0 Å². The maximum absolute atomic E-state index is 12.7. The van der Waals surface area contributed by atoms with Crippen molar-refractivity contribution in [1.29, 1.82) is 0 Å². The summed E-state index contributed by atoms with van der Waals surface area (Å²) in [6, 6.07) is 15.1. The highest BCUT2D eigenvalue weighted by Gasteiger charge is 2.08. The summed E-state index contributed by atoms with van der Waals surface area (Å²) in [5.41, 5.74) is 3.07. The first-order valence-corrected chi connectivity index (χ1v) is 8.75. The predicted molar refractivity (Wildman–Crippen MR) is 105 cm³/mol. The molecular formula is C19H14BrN5O. The van der Waals surface area contributed by atoms with Crippen molar-refractivity contribution in [1.82, 2.24) is 19.9 Å². The Morgan fingerprint density at radius 2 is 1.92 bits per heavy atom. The van der Waals surface area contributed by atoms with Crippen molar-refractivity contribution in [3.63, 3.8) is 0 Å². The summed E-state index contributed by atoms with van der Waals surface area (Å²) in [5, 5.41) is 12.0. The molecule has 0 radical (unpaired) electrons. The Balaban J connectivity index is 1.76. The van der Waals surface area contributed by atoms with E-state index in [-0.39, 0.29) is 5.56 Å². The van der Waals surface area contributed by atoms with Gasteiger partial charge in [0.15, 0.2) is 0 Å². The Bertz CT molecular complexity index is 1170. The van der Waals surface area contributed by atoms with Gasteiger partial charge in [0.2, 0.25) is 0 Å². The molecule has 0 aliphatic carbocycles. The second-order valence-electron chi connectivity index (χ2n) is 5.74. The van der Waals surface area contributed by atoms with Gasteiger partial charge in [0.1, 0.15) is 5.82 Å². The van der Waals surface area contributed by atoms with E-state index in [1.807, 2.05) is 42.5 Å². The number of hydrogen-bond acceptors (Lipinski definition) is 4. The number of rotatable bonds is 3. The molecule has 26 heavy (non-hydrogen) atoms. The molecule has 1 N–H and O–H groups in total. The Morgan fingerprint density at radius 3 is 2.73 bits per heavy atom. The highest BCUT2D eigenvalue weighted by atomic mass is 79.9. The first-order valence-electron chi connectivity index (χ1n) is 7.95. The van der Waals surface area contributed by atoms with E-state index in [1.165, 1.54) is 4.68 Å². The van der Waals surface area contributed by atoms with Gasteiger partial charge in [-0.2, -0.15) is 14.9 Å². The van der Waals surface area contributed by atoms with Crippen molar-refractivity contribution in [3.05, 3.63) is 80.9 Å². The fourth-order valence-electron chi connectivity index (χ4n) is 2.73. The molecule has 2 heterocycles. The SMILES string of the molecule is Cc1nc2ccccc2c(=O)n1N=Cc1cn[nH]c1-c1ccc(Br)cc1. The topological polar surface area (TPSA) is 75.9 Å². The minimum Gasteiger partial charge on any atom is -0.277 e. The zero-order valence-electron chi connectivity index (χ0n) is 13.8. The van der Waals surface area contributed by atoms with E-state index in [2.05, 4.69) is 36.2 Å². The van der Waals surface area contributed by atoms with Gasteiger partial charge in [0.05, 0.1) is 29.0 Å². The van der Waals surface area contributed by atoms with Crippen molar-refractivity contribution >= 4 is 33.0 Å². The Labute approximate surface area is 157 Å². The van der Waals surface area contributed by atoms with Crippen LogP contribution < -0.4 is 5.56 Å². The van der Waals surface area contributed by atoms with E-state index in [1.54, 1.807) is 25.4 Å². The molecule has 4 aromatic rings. The van der Waals surface area contributed by atoms with Gasteiger partial charge < -0.3 is 0 Å². The van der Waals surface area contributed by atoms with Gasteiger partial charge in [-0.15, -0.1) is 0 Å². The van der Waals surface area contributed by atoms with Gasteiger partial charge in [-0.1, -0.05) is 40.2 Å². The summed E-state index contributed by atoms with van der Waals surface area (Å²) in [6.45, 7) is 1.76. The van der Waals surface area contributed by atoms with Crippen LogP contribution in [0, 0.1) is 6.92 Å². The fourth-order valence-corrected chi connectivity index (χ4v) is 3.00. The number of nitrogens with zero attached hydrogens (tertiary/aromatic N) is 4. The maximum Gasteiger partial charge on any atom is 0.282 e. The van der Waals surface area contributed by atoms with Crippen LogP contribution in [0.3, 0.4) is 0 Å². The molecule has 0 saturated carbocycles. The van der Waals surface area contributed by atoms with E-state index in [0.29, 0.717) is 16.7 Å². The first kappa shape index (κ1) is 16.4. The number of para-hydroxylation sites is 1. The summed E-state index contributed by atoms with van der Waals surface area (Å²) in [4.78, 5) is 17.1. The number of hydrogen-bond donors (Lipinski definition) is 1. The van der Waals surface area contributed by atoms with E-state index in [9.17, 15) is 4.79 Å². The third-order valence-corrected chi connectivity index (χ3v) is 4.56. The molecule has 7 heteroatoms. The second kappa shape index (κ2) is 6.68. The van der Waals surface area contributed by atoms with E-state index >= 15 is 0 Å². The molecule has 0 bridgehead atoms. The zero-order valence-corrected chi connectivity index (χ0v) is 15.4. The number of benzene rings is 2. The number of H-pyrrole nitrogens is 1. The van der Waals surface area contributed by atoms with Crippen LogP contribution in [-0.4, -0.2) is 26.1 Å². The summed E-state index contributed by atoms with van der Waals surface area (Å²) in [6.07, 6.45) is 3.29. The van der Waals surface area contributed by atoms with Crippen LogP contribution in [0.5, 0.6) is 0 Å². The van der Waals surface area contributed by atoms with Crippen LogP contribution in [0.15, 0.2) is 69.1 Å². The normalized spacial score (nSPS) is 11.5. The van der Waals surface area contributed by atoms with Gasteiger partial charge in [-0.3, -0.25) is 9.89 Å². The van der Waals surface area contributed by atoms with Crippen LogP contribution in [-0.2, 0) is 0 Å². The molecule has 0 amide bonds. The Hall–Kier alpha value is -3.06. The highest BCUT2D eigenvalue weighted by Crippen LogP contribution is 2.22. The monoisotopic (exact) mass is 407 g/mol. The minimum atomic E-state index is -0.196. The molecule has 0 unspecified atom stereocenters. The molecule has 2 aromatic heterocycles. The molecule has 0 aliphatic rings. The smallest absolute Gasteiger partial charge is 0.277 e. The number of fused-ring (bicyclic) bond motifs is 1. The lowest BCUT2D eigenvalue weighted by Crippen LogP contribution is -2.20. The maximum atomic E-state index is 12.7. The van der Waals surface area contributed by atoms with Crippen molar-refractivity contribution in [2.24, 2.45) is 5.10 Å². The largest absolute Gasteiger partial charge is 0.282 e. The number of aromatic amines is 1. The third kappa shape index (κ3) is 2.97. The standard InChI is InChI=1S/C19H14BrN5O/c1-12-23-17-5-3-2-4-16(17)19(26)25(12)22-11-14-10-21-24-18(14)13-6-8-15(20)9-7-13/h2-11H,1H3,(H,21,24). The molecule has 0 spiro atoms. The minimum absolute atomic E-state index is 0.196. The van der Waals surface area contributed by atoms with Gasteiger partial charge >= 0.3 is 0 Å². The van der Waals surface area contributed by atoms with Crippen LogP contribution in [0.2, 0.25) is 0 Å². The second-order valence-corrected chi connectivity index (χ2v) is 6.66. The number of aromatic nitrogens is 4. The van der Waals surface area contributed by atoms with E-state index in [4.69, 9.17) is 0 Å². The fraction of sp³-hybridized carbons (Fsp3) is 0.0526. The number of nitrogens with one attached hydrogen (secondary N) is 1. The number of halogens is 1. The summed E-state index contributed by atoms with van der Waals surface area (Å²) >= 11 is 3.43. The van der Waals surface area contributed by atoms with Gasteiger partial charge in [-0.05, 0) is 31.2 Å². The molecule has 6 nitrogen and oxygen atoms in total. The average molecular weight is 408 g/mol. The quantitative estimate of drug-likeness (QED) is 0.525.